The molecule has 16 heavy (non-hydrogen) atoms. The van der Waals surface area contributed by atoms with Crippen LogP contribution in [-0.4, -0.2) is 31.3 Å². The predicted molar refractivity (Wildman–Crippen MR) is 67.0 cm³/mol. The first-order chi connectivity index (χ1) is 7.54. The van der Waals surface area contributed by atoms with Crippen LogP contribution in [0.3, 0.4) is 0 Å². The molecule has 0 fully saturated rings. The van der Waals surface area contributed by atoms with Gasteiger partial charge in [0.15, 0.2) is 0 Å². The molecule has 0 radical (unpaired) electrons. The number of hydrogen-bond acceptors (Lipinski definition) is 3. The van der Waals surface area contributed by atoms with Crippen LogP contribution in [0.25, 0.3) is 0 Å². The molecule has 1 aromatic carbocycles. The van der Waals surface area contributed by atoms with Gasteiger partial charge in [0.25, 0.3) is 0 Å². The van der Waals surface area contributed by atoms with Crippen LogP contribution >= 0.6 is 15.9 Å². The molecule has 90 valence electrons. The summed E-state index contributed by atoms with van der Waals surface area (Å²) in [6, 6.07) is 4.72. The zero-order valence-corrected chi connectivity index (χ0v) is 10.7. The van der Waals surface area contributed by atoms with Crippen molar-refractivity contribution in [1.82, 2.24) is 0 Å². The molecule has 0 aliphatic carbocycles. The summed E-state index contributed by atoms with van der Waals surface area (Å²) in [6.45, 7) is 0.792. The maximum absolute atomic E-state index is 13.5. The Morgan fingerprint density at radius 2 is 2.25 bits per heavy atom. The minimum atomic E-state index is -0.534. The Balaban J connectivity index is 2.72. The Hall–Kier alpha value is -0.650. The van der Waals surface area contributed by atoms with Crippen LogP contribution in [0.1, 0.15) is 6.42 Å². The zero-order valence-electron chi connectivity index (χ0n) is 9.16. The van der Waals surface area contributed by atoms with Gasteiger partial charge in [0.1, 0.15) is 5.82 Å². The SMILES string of the molecule is CN(CC(O)CCN)c1cc(Br)ccc1F. The number of anilines is 1. The number of hydrogen-bond donors (Lipinski definition) is 2. The number of benzene rings is 1. The molecule has 0 aromatic heterocycles. The van der Waals surface area contributed by atoms with Crippen molar-refractivity contribution >= 4 is 21.6 Å². The number of likely N-dealkylation sites (N-methyl/N-ethyl adjacent to an activating group) is 1. The molecule has 0 saturated heterocycles. The van der Waals surface area contributed by atoms with Crippen LogP contribution in [0, 0.1) is 5.82 Å². The summed E-state index contributed by atoms with van der Waals surface area (Å²) in [5.74, 6) is -0.300. The van der Waals surface area contributed by atoms with Gasteiger partial charge in [0.2, 0.25) is 0 Å². The van der Waals surface area contributed by atoms with Gasteiger partial charge in [-0.15, -0.1) is 0 Å². The highest BCUT2D eigenvalue weighted by Crippen LogP contribution is 2.23. The molecular weight excluding hydrogens is 275 g/mol. The van der Waals surface area contributed by atoms with Crippen molar-refractivity contribution in [3.8, 4) is 0 Å². The van der Waals surface area contributed by atoms with Crippen molar-refractivity contribution in [3.05, 3.63) is 28.5 Å². The first-order valence-electron chi connectivity index (χ1n) is 5.09. The van der Waals surface area contributed by atoms with E-state index in [4.69, 9.17) is 5.73 Å². The van der Waals surface area contributed by atoms with E-state index in [9.17, 15) is 9.50 Å². The number of rotatable bonds is 5. The molecule has 0 spiro atoms. The van der Waals surface area contributed by atoms with Gasteiger partial charge in [-0.3, -0.25) is 0 Å². The molecule has 0 bridgehead atoms. The maximum atomic E-state index is 13.5. The number of aliphatic hydroxyl groups excluding tert-OH is 1. The second-order valence-corrected chi connectivity index (χ2v) is 4.62. The predicted octanol–water partition coefficient (Wildman–Crippen LogP) is 1.73. The van der Waals surface area contributed by atoms with Gasteiger partial charge < -0.3 is 15.7 Å². The number of halogens is 2. The molecule has 0 amide bonds. The highest BCUT2D eigenvalue weighted by atomic mass is 79.9. The lowest BCUT2D eigenvalue weighted by molar-refractivity contribution is 0.174. The largest absolute Gasteiger partial charge is 0.391 e. The summed E-state index contributed by atoms with van der Waals surface area (Å²) in [5.41, 5.74) is 5.80. The van der Waals surface area contributed by atoms with E-state index >= 15 is 0 Å². The second kappa shape index (κ2) is 6.18. The molecule has 1 rings (SSSR count). The van der Waals surface area contributed by atoms with Crippen molar-refractivity contribution < 1.29 is 9.50 Å². The van der Waals surface area contributed by atoms with Crippen molar-refractivity contribution in [2.75, 3.05) is 25.0 Å². The Morgan fingerprint density at radius 3 is 2.88 bits per heavy atom. The third-order valence-corrected chi connectivity index (χ3v) is 2.80. The van der Waals surface area contributed by atoms with Crippen molar-refractivity contribution in [1.29, 1.82) is 0 Å². The average molecular weight is 291 g/mol. The van der Waals surface area contributed by atoms with Gasteiger partial charge in [-0.2, -0.15) is 0 Å². The molecule has 3 N–H and O–H groups in total. The fourth-order valence-corrected chi connectivity index (χ4v) is 1.83. The highest BCUT2D eigenvalue weighted by molar-refractivity contribution is 9.10. The summed E-state index contributed by atoms with van der Waals surface area (Å²) >= 11 is 3.29. The number of nitrogens with zero attached hydrogens (tertiary/aromatic N) is 1. The van der Waals surface area contributed by atoms with Crippen LogP contribution in [0.4, 0.5) is 10.1 Å². The summed E-state index contributed by atoms with van der Waals surface area (Å²) in [6.07, 6.45) is -0.0201. The molecule has 5 heteroatoms. The van der Waals surface area contributed by atoms with Gasteiger partial charge in [0, 0.05) is 18.1 Å². The van der Waals surface area contributed by atoms with E-state index < -0.39 is 6.10 Å². The molecule has 1 aromatic rings. The molecular formula is C11H16BrFN2O. The monoisotopic (exact) mass is 290 g/mol. The number of nitrogens with two attached hydrogens (primary N) is 1. The van der Waals surface area contributed by atoms with E-state index in [2.05, 4.69) is 15.9 Å². The Bertz CT molecular complexity index is 349. The minimum absolute atomic E-state index is 0.300. The van der Waals surface area contributed by atoms with E-state index in [0.717, 1.165) is 4.47 Å². The maximum Gasteiger partial charge on any atom is 0.146 e. The molecule has 0 saturated carbocycles. The first-order valence-corrected chi connectivity index (χ1v) is 5.88. The van der Waals surface area contributed by atoms with Gasteiger partial charge in [-0.1, -0.05) is 15.9 Å². The van der Waals surface area contributed by atoms with Crippen LogP contribution in [-0.2, 0) is 0 Å². The Morgan fingerprint density at radius 1 is 1.56 bits per heavy atom. The third kappa shape index (κ3) is 3.73. The summed E-state index contributed by atoms with van der Waals surface area (Å²) < 4.78 is 14.3. The van der Waals surface area contributed by atoms with Gasteiger partial charge in [-0.05, 0) is 31.2 Å². The fourth-order valence-electron chi connectivity index (χ4n) is 1.48. The average Bonchev–Trinajstić information content (AvgIpc) is 2.21. The lowest BCUT2D eigenvalue weighted by Gasteiger charge is -2.23. The minimum Gasteiger partial charge on any atom is -0.391 e. The van der Waals surface area contributed by atoms with Crippen molar-refractivity contribution in [3.63, 3.8) is 0 Å². The summed E-state index contributed by atoms with van der Waals surface area (Å²) in [4.78, 5) is 1.68. The number of aliphatic hydroxyl groups is 1. The van der Waals surface area contributed by atoms with Crippen LogP contribution in [0.2, 0.25) is 0 Å². The molecule has 3 nitrogen and oxygen atoms in total. The summed E-state index contributed by atoms with van der Waals surface area (Å²) in [7, 11) is 1.74. The van der Waals surface area contributed by atoms with Gasteiger partial charge in [0.05, 0.1) is 11.8 Å². The molecule has 0 aliphatic heterocycles. The van der Waals surface area contributed by atoms with Crippen LogP contribution < -0.4 is 10.6 Å². The lowest BCUT2D eigenvalue weighted by atomic mass is 10.2. The van der Waals surface area contributed by atoms with E-state index in [0.29, 0.717) is 25.2 Å². The second-order valence-electron chi connectivity index (χ2n) is 3.71. The van der Waals surface area contributed by atoms with Crippen LogP contribution in [0.15, 0.2) is 22.7 Å². The Kier molecular flexibility index (Phi) is 5.18. The van der Waals surface area contributed by atoms with Crippen molar-refractivity contribution in [2.45, 2.75) is 12.5 Å². The third-order valence-electron chi connectivity index (χ3n) is 2.30. The zero-order chi connectivity index (χ0) is 12.1. The van der Waals surface area contributed by atoms with Gasteiger partial charge in [-0.25, -0.2) is 4.39 Å². The quantitative estimate of drug-likeness (QED) is 0.868. The van der Waals surface area contributed by atoms with E-state index in [1.807, 2.05) is 0 Å². The van der Waals surface area contributed by atoms with Crippen molar-refractivity contribution in [2.24, 2.45) is 5.73 Å². The lowest BCUT2D eigenvalue weighted by Crippen LogP contribution is -2.31. The highest BCUT2D eigenvalue weighted by Gasteiger charge is 2.12. The van der Waals surface area contributed by atoms with E-state index in [-0.39, 0.29) is 5.82 Å². The van der Waals surface area contributed by atoms with Crippen LogP contribution in [0.5, 0.6) is 0 Å². The molecule has 0 heterocycles. The Labute approximate surface area is 103 Å². The molecule has 1 unspecified atom stereocenters. The molecule has 0 aliphatic rings. The normalized spacial score (nSPS) is 12.6. The standard InChI is InChI=1S/C11H16BrFN2O/c1-15(7-9(16)4-5-14)11-6-8(12)2-3-10(11)13/h2-3,6,9,16H,4-5,7,14H2,1H3. The smallest absolute Gasteiger partial charge is 0.146 e. The topological polar surface area (TPSA) is 49.5 Å². The van der Waals surface area contributed by atoms with Gasteiger partial charge >= 0.3 is 0 Å². The van der Waals surface area contributed by atoms with E-state index in [1.165, 1.54) is 6.07 Å². The molecule has 1 atom stereocenters. The summed E-state index contributed by atoms with van der Waals surface area (Å²) in [5, 5.41) is 9.59. The van der Waals surface area contributed by atoms with E-state index in [1.54, 1.807) is 24.1 Å². The fraction of sp³-hybridized carbons (Fsp3) is 0.455. The first kappa shape index (κ1) is 13.4.